The summed E-state index contributed by atoms with van der Waals surface area (Å²) in [5, 5.41) is 6.16. The Morgan fingerprint density at radius 2 is 1.88 bits per heavy atom. The number of ether oxygens (including phenoxy) is 1. The van der Waals surface area contributed by atoms with Gasteiger partial charge in [-0.05, 0) is 40.7 Å². The maximum atomic E-state index is 11.8. The number of hydrogen-bond acceptors (Lipinski definition) is 3. The third kappa shape index (κ3) is 4.64. The fraction of sp³-hybridized carbons (Fsp3) is 0.923. The Labute approximate surface area is 104 Å². The lowest BCUT2D eigenvalue weighted by Crippen LogP contribution is -2.47. The molecule has 0 aromatic carbocycles. The largest absolute Gasteiger partial charge is 0.364 e. The lowest BCUT2D eigenvalue weighted by Gasteiger charge is -2.33. The minimum absolute atomic E-state index is 0.0135. The molecule has 1 amide bonds. The van der Waals surface area contributed by atoms with Gasteiger partial charge in [0.1, 0.15) is 6.10 Å². The van der Waals surface area contributed by atoms with Crippen molar-refractivity contribution in [3.63, 3.8) is 0 Å². The average molecular weight is 242 g/mol. The second-order valence-electron chi connectivity index (χ2n) is 5.16. The first-order valence-electron chi connectivity index (χ1n) is 6.67. The molecule has 100 valence electrons. The van der Waals surface area contributed by atoms with Gasteiger partial charge in [0.2, 0.25) is 5.91 Å². The standard InChI is InChI=1S/C13H26N2O2/c1-9(2)15-13(16)10(3)17-12-8-6-5-7-11(12)14-4/h9-12,14H,5-8H2,1-4H3,(H,15,16). The van der Waals surface area contributed by atoms with Crippen molar-refractivity contribution in [2.75, 3.05) is 7.05 Å². The van der Waals surface area contributed by atoms with E-state index in [1.165, 1.54) is 12.8 Å². The number of nitrogens with one attached hydrogen (secondary N) is 2. The molecule has 0 heterocycles. The fourth-order valence-corrected chi connectivity index (χ4v) is 2.32. The molecule has 0 radical (unpaired) electrons. The molecule has 1 aliphatic rings. The van der Waals surface area contributed by atoms with Crippen molar-refractivity contribution < 1.29 is 9.53 Å². The van der Waals surface area contributed by atoms with Gasteiger partial charge in [-0.3, -0.25) is 4.79 Å². The molecule has 4 heteroatoms. The van der Waals surface area contributed by atoms with Gasteiger partial charge in [0.05, 0.1) is 6.10 Å². The number of likely N-dealkylation sites (N-methyl/N-ethyl adjacent to an activating group) is 1. The summed E-state index contributed by atoms with van der Waals surface area (Å²) in [4.78, 5) is 11.8. The molecule has 3 unspecified atom stereocenters. The van der Waals surface area contributed by atoms with Crippen molar-refractivity contribution in [3.8, 4) is 0 Å². The van der Waals surface area contributed by atoms with Crippen LogP contribution in [-0.2, 0) is 9.53 Å². The average Bonchev–Trinajstić information content (AvgIpc) is 2.28. The second kappa shape index (κ2) is 6.97. The lowest BCUT2D eigenvalue weighted by molar-refractivity contribution is -0.138. The van der Waals surface area contributed by atoms with Gasteiger partial charge in [0, 0.05) is 12.1 Å². The van der Waals surface area contributed by atoms with E-state index in [4.69, 9.17) is 4.74 Å². The normalized spacial score (nSPS) is 26.9. The Balaban J connectivity index is 2.42. The van der Waals surface area contributed by atoms with E-state index in [1.807, 2.05) is 27.8 Å². The molecule has 0 saturated heterocycles. The maximum Gasteiger partial charge on any atom is 0.249 e. The fourth-order valence-electron chi connectivity index (χ4n) is 2.32. The van der Waals surface area contributed by atoms with Crippen molar-refractivity contribution in [1.82, 2.24) is 10.6 Å². The van der Waals surface area contributed by atoms with Gasteiger partial charge in [-0.25, -0.2) is 0 Å². The molecule has 2 N–H and O–H groups in total. The lowest BCUT2D eigenvalue weighted by atomic mass is 9.92. The molecular weight excluding hydrogens is 216 g/mol. The van der Waals surface area contributed by atoms with Crippen molar-refractivity contribution in [2.45, 2.75) is 70.7 Å². The molecule has 1 rings (SSSR count). The van der Waals surface area contributed by atoms with Gasteiger partial charge in [0.15, 0.2) is 0 Å². The van der Waals surface area contributed by atoms with Gasteiger partial charge < -0.3 is 15.4 Å². The zero-order valence-electron chi connectivity index (χ0n) is 11.5. The Bertz CT molecular complexity index is 244. The van der Waals surface area contributed by atoms with Gasteiger partial charge >= 0.3 is 0 Å². The van der Waals surface area contributed by atoms with Gasteiger partial charge in [-0.1, -0.05) is 12.8 Å². The first-order valence-corrected chi connectivity index (χ1v) is 6.67. The SMILES string of the molecule is CNC1CCCCC1OC(C)C(=O)NC(C)C. The van der Waals surface area contributed by atoms with Crippen LogP contribution in [0.5, 0.6) is 0 Å². The van der Waals surface area contributed by atoms with E-state index in [0.717, 1.165) is 12.8 Å². The predicted octanol–water partition coefficient (Wildman–Crippen LogP) is 1.45. The molecular formula is C13H26N2O2. The van der Waals surface area contributed by atoms with Crippen LogP contribution in [0.15, 0.2) is 0 Å². The molecule has 3 atom stereocenters. The first kappa shape index (κ1) is 14.5. The molecule has 1 aliphatic carbocycles. The van der Waals surface area contributed by atoms with Crippen molar-refractivity contribution in [1.29, 1.82) is 0 Å². The number of rotatable bonds is 5. The van der Waals surface area contributed by atoms with E-state index >= 15 is 0 Å². The smallest absolute Gasteiger partial charge is 0.249 e. The molecule has 0 aromatic heterocycles. The van der Waals surface area contributed by atoms with Crippen molar-refractivity contribution in [3.05, 3.63) is 0 Å². The van der Waals surface area contributed by atoms with Crippen LogP contribution in [0.4, 0.5) is 0 Å². The van der Waals surface area contributed by atoms with Crippen LogP contribution in [0.1, 0.15) is 46.5 Å². The summed E-state index contributed by atoms with van der Waals surface area (Å²) in [5.41, 5.74) is 0. The molecule has 0 bridgehead atoms. The monoisotopic (exact) mass is 242 g/mol. The topological polar surface area (TPSA) is 50.4 Å². The van der Waals surface area contributed by atoms with E-state index in [0.29, 0.717) is 6.04 Å². The van der Waals surface area contributed by atoms with E-state index in [-0.39, 0.29) is 24.2 Å². The van der Waals surface area contributed by atoms with Crippen LogP contribution in [0.2, 0.25) is 0 Å². The van der Waals surface area contributed by atoms with Crippen LogP contribution < -0.4 is 10.6 Å². The Morgan fingerprint density at radius 1 is 1.24 bits per heavy atom. The summed E-state index contributed by atoms with van der Waals surface area (Å²) >= 11 is 0. The second-order valence-corrected chi connectivity index (χ2v) is 5.16. The Hall–Kier alpha value is -0.610. The highest BCUT2D eigenvalue weighted by Crippen LogP contribution is 2.22. The van der Waals surface area contributed by atoms with E-state index < -0.39 is 0 Å². The number of carbonyl (C=O) groups excluding carboxylic acids is 1. The minimum Gasteiger partial charge on any atom is -0.364 e. The zero-order chi connectivity index (χ0) is 12.8. The quantitative estimate of drug-likeness (QED) is 0.767. The summed E-state index contributed by atoms with van der Waals surface area (Å²) in [6, 6.07) is 0.554. The molecule has 0 aromatic rings. The van der Waals surface area contributed by atoms with Crippen LogP contribution in [0.25, 0.3) is 0 Å². The molecule has 1 fully saturated rings. The molecule has 1 saturated carbocycles. The van der Waals surface area contributed by atoms with Crippen molar-refractivity contribution >= 4 is 5.91 Å². The molecule has 4 nitrogen and oxygen atoms in total. The maximum absolute atomic E-state index is 11.8. The molecule has 0 aliphatic heterocycles. The van der Waals surface area contributed by atoms with E-state index in [1.54, 1.807) is 0 Å². The van der Waals surface area contributed by atoms with Gasteiger partial charge in [-0.2, -0.15) is 0 Å². The number of carbonyl (C=O) groups is 1. The zero-order valence-corrected chi connectivity index (χ0v) is 11.5. The Kier molecular flexibility index (Phi) is 5.92. The predicted molar refractivity (Wildman–Crippen MR) is 68.9 cm³/mol. The van der Waals surface area contributed by atoms with E-state index in [9.17, 15) is 4.79 Å². The summed E-state index contributed by atoms with van der Waals surface area (Å²) in [6.45, 7) is 5.75. The van der Waals surface area contributed by atoms with Crippen LogP contribution in [0, 0.1) is 0 Å². The van der Waals surface area contributed by atoms with Gasteiger partial charge in [0.25, 0.3) is 0 Å². The Morgan fingerprint density at radius 3 is 2.47 bits per heavy atom. The summed E-state index contributed by atoms with van der Waals surface area (Å²) in [5.74, 6) is -0.0135. The third-order valence-electron chi connectivity index (χ3n) is 3.25. The minimum atomic E-state index is -0.364. The molecule has 0 spiro atoms. The van der Waals surface area contributed by atoms with Crippen LogP contribution in [-0.4, -0.2) is 37.2 Å². The van der Waals surface area contributed by atoms with Crippen LogP contribution >= 0.6 is 0 Å². The summed E-state index contributed by atoms with van der Waals surface area (Å²) in [6.07, 6.45) is 4.43. The first-order chi connectivity index (χ1) is 8.04. The highest BCUT2D eigenvalue weighted by atomic mass is 16.5. The van der Waals surface area contributed by atoms with Crippen LogP contribution in [0.3, 0.4) is 0 Å². The third-order valence-corrected chi connectivity index (χ3v) is 3.25. The molecule has 17 heavy (non-hydrogen) atoms. The summed E-state index contributed by atoms with van der Waals surface area (Å²) < 4.78 is 5.88. The highest BCUT2D eigenvalue weighted by molar-refractivity contribution is 5.80. The van der Waals surface area contributed by atoms with Gasteiger partial charge in [-0.15, -0.1) is 0 Å². The number of hydrogen-bond donors (Lipinski definition) is 2. The van der Waals surface area contributed by atoms with E-state index in [2.05, 4.69) is 10.6 Å². The number of amides is 1. The van der Waals surface area contributed by atoms with Crippen molar-refractivity contribution in [2.24, 2.45) is 0 Å². The highest BCUT2D eigenvalue weighted by Gasteiger charge is 2.28. The summed E-state index contributed by atoms with van der Waals surface area (Å²) in [7, 11) is 1.96.